The third kappa shape index (κ3) is 7.41. The molecule has 0 saturated heterocycles. The largest absolute Gasteiger partial charge is 0.466 e. The molecule has 0 amide bonds. The molecule has 0 saturated carbocycles. The first-order valence-corrected chi connectivity index (χ1v) is 17.7. The quantitative estimate of drug-likeness (QED) is 0.120. The van der Waals surface area contributed by atoms with Crippen LogP contribution in [0.5, 0.6) is 0 Å². The number of dihydropyridines is 1. The molecule has 2 unspecified atom stereocenters. The molecular formula is C45H39N5O4. The lowest BCUT2D eigenvalue weighted by atomic mass is 9.75. The Morgan fingerprint density at radius 3 is 2.15 bits per heavy atom. The molecule has 1 aliphatic heterocycles. The number of aromatic nitrogens is 4. The summed E-state index contributed by atoms with van der Waals surface area (Å²) in [4.78, 5) is 41.4. The summed E-state index contributed by atoms with van der Waals surface area (Å²) in [6.45, 7) is 5.52. The number of allylic oxidation sites excluding steroid dienone is 1. The van der Waals surface area contributed by atoms with Crippen LogP contribution in [0.2, 0.25) is 0 Å². The smallest absolute Gasteiger partial charge is 0.337 e. The highest BCUT2D eigenvalue weighted by atomic mass is 16.5. The molecule has 0 radical (unpaired) electrons. The maximum Gasteiger partial charge on any atom is 0.337 e. The van der Waals surface area contributed by atoms with Crippen LogP contribution in [-0.2, 0) is 19.1 Å². The van der Waals surface area contributed by atoms with Gasteiger partial charge in [0.05, 0.1) is 35.7 Å². The number of hydrogen-bond donors (Lipinski definition) is 1. The molecule has 9 nitrogen and oxygen atoms in total. The van der Waals surface area contributed by atoms with E-state index in [-0.39, 0.29) is 5.92 Å². The van der Waals surface area contributed by atoms with E-state index in [0.717, 1.165) is 39.2 Å². The molecule has 7 rings (SSSR count). The van der Waals surface area contributed by atoms with E-state index in [1.54, 1.807) is 37.8 Å². The second-order valence-electron chi connectivity index (χ2n) is 13.1. The number of fused-ring (bicyclic) bond motifs is 1. The summed E-state index contributed by atoms with van der Waals surface area (Å²) in [6.07, 6.45) is 6.46. The molecule has 0 aliphatic carbocycles. The molecule has 0 spiro atoms. The predicted octanol–water partition coefficient (Wildman–Crippen LogP) is 7.71. The molecule has 1 aliphatic rings. The first kappa shape index (κ1) is 35.6. The van der Waals surface area contributed by atoms with E-state index in [2.05, 4.69) is 60.9 Å². The number of hydrogen-bond acceptors (Lipinski definition) is 8. The average Bonchev–Trinajstić information content (AvgIpc) is 3.55. The second-order valence-corrected chi connectivity index (χ2v) is 13.1. The van der Waals surface area contributed by atoms with Crippen molar-refractivity contribution in [3.05, 3.63) is 173 Å². The van der Waals surface area contributed by atoms with Crippen molar-refractivity contribution in [2.45, 2.75) is 39.2 Å². The van der Waals surface area contributed by atoms with Crippen LogP contribution >= 0.6 is 0 Å². The number of methoxy groups -OCH3 is 1. The number of ether oxygens (including phenoxy) is 2. The van der Waals surface area contributed by atoms with Gasteiger partial charge < -0.3 is 14.8 Å². The summed E-state index contributed by atoms with van der Waals surface area (Å²) in [7, 11) is 1.36. The highest BCUT2D eigenvalue weighted by Gasteiger charge is 2.40. The predicted molar refractivity (Wildman–Crippen MR) is 208 cm³/mol. The third-order valence-electron chi connectivity index (χ3n) is 9.59. The minimum absolute atomic E-state index is 0.177. The van der Waals surface area contributed by atoms with E-state index in [9.17, 15) is 9.59 Å². The summed E-state index contributed by atoms with van der Waals surface area (Å²) < 4.78 is 13.5. The lowest BCUT2D eigenvalue weighted by Gasteiger charge is -2.34. The number of pyridine rings is 2. The van der Waals surface area contributed by atoms with Crippen molar-refractivity contribution in [2.24, 2.45) is 5.92 Å². The molecule has 0 fully saturated rings. The minimum Gasteiger partial charge on any atom is -0.466 e. The van der Waals surface area contributed by atoms with E-state index in [0.29, 0.717) is 34.5 Å². The molecule has 3 aromatic carbocycles. The molecule has 0 bridgehead atoms. The van der Waals surface area contributed by atoms with Crippen molar-refractivity contribution in [3.63, 3.8) is 0 Å². The van der Waals surface area contributed by atoms with Gasteiger partial charge in [-0.05, 0) is 74.2 Å². The van der Waals surface area contributed by atoms with Crippen molar-refractivity contribution >= 4 is 28.7 Å². The van der Waals surface area contributed by atoms with Crippen LogP contribution < -0.4 is 5.32 Å². The number of imidazole rings is 1. The van der Waals surface area contributed by atoms with Crippen LogP contribution in [-0.4, -0.2) is 44.7 Å². The SMILES string of the molecule is COC(=O)C1=C(c2ccc(-n3c(C)nc4cnccc43)cc2)NC(C)=C(C(=O)OC(C)C#Cc2cccnc2)C1CC(c1ccccc1)c1ccccc1. The Labute approximate surface area is 314 Å². The van der Waals surface area contributed by atoms with Crippen LogP contribution in [0.3, 0.4) is 0 Å². The van der Waals surface area contributed by atoms with E-state index < -0.39 is 24.0 Å². The van der Waals surface area contributed by atoms with Gasteiger partial charge in [0.25, 0.3) is 0 Å². The minimum atomic E-state index is -0.740. The number of nitrogens with zero attached hydrogens (tertiary/aromatic N) is 4. The van der Waals surface area contributed by atoms with Crippen LogP contribution in [0.15, 0.2) is 145 Å². The number of carbonyl (C=O) groups is 2. The van der Waals surface area contributed by atoms with Gasteiger partial charge >= 0.3 is 11.9 Å². The van der Waals surface area contributed by atoms with Gasteiger partial charge in [-0.15, -0.1) is 0 Å². The second kappa shape index (κ2) is 15.8. The number of nitrogens with one attached hydrogen (secondary N) is 1. The van der Waals surface area contributed by atoms with Gasteiger partial charge in [-0.2, -0.15) is 0 Å². The molecule has 6 aromatic rings. The molecule has 4 heterocycles. The number of carbonyl (C=O) groups excluding carboxylic acids is 2. The fourth-order valence-corrected chi connectivity index (χ4v) is 7.12. The van der Waals surface area contributed by atoms with Gasteiger partial charge in [0.2, 0.25) is 0 Å². The van der Waals surface area contributed by atoms with Crippen molar-refractivity contribution in [1.29, 1.82) is 0 Å². The van der Waals surface area contributed by atoms with Gasteiger partial charge in [0, 0.05) is 47.4 Å². The number of rotatable bonds is 9. The Bertz CT molecular complexity index is 2390. The number of aryl methyl sites for hydroxylation is 1. The Hall–Kier alpha value is -6.79. The number of esters is 2. The summed E-state index contributed by atoms with van der Waals surface area (Å²) in [5.74, 6) is 4.87. The number of benzene rings is 3. The zero-order chi connectivity index (χ0) is 37.6. The van der Waals surface area contributed by atoms with Crippen LogP contribution in [0.1, 0.15) is 54.3 Å². The maximum absolute atomic E-state index is 14.3. The van der Waals surface area contributed by atoms with Crippen LogP contribution in [0.25, 0.3) is 22.4 Å². The summed E-state index contributed by atoms with van der Waals surface area (Å²) >= 11 is 0. The maximum atomic E-state index is 14.3. The topological polar surface area (TPSA) is 108 Å². The Kier molecular flexibility index (Phi) is 10.4. The van der Waals surface area contributed by atoms with Crippen molar-refractivity contribution < 1.29 is 19.1 Å². The first-order chi connectivity index (χ1) is 26.3. The highest BCUT2D eigenvalue weighted by molar-refractivity contribution is 6.03. The average molecular weight is 714 g/mol. The molecule has 2 atom stereocenters. The molecular weight excluding hydrogens is 675 g/mol. The standard InChI is InChI=1S/C45H39N5O4/c1-29(17-18-32-12-11-24-46-27-32)54-45(52)41-30(2)48-43(35-19-21-36(22-20-35)50-31(3)49-39-28-47-25-23-40(39)50)42(44(51)53-4)38(41)26-37(33-13-7-5-8-14-33)34-15-9-6-10-16-34/h5-16,19-25,27-29,37-38,48H,26H2,1-4H3. The van der Waals surface area contributed by atoms with Crippen molar-refractivity contribution in [2.75, 3.05) is 7.11 Å². The van der Waals surface area contributed by atoms with Gasteiger partial charge in [-0.3, -0.25) is 14.5 Å². The van der Waals surface area contributed by atoms with E-state index >= 15 is 0 Å². The first-order valence-electron chi connectivity index (χ1n) is 17.7. The molecule has 268 valence electrons. The molecule has 1 N–H and O–H groups in total. The van der Waals surface area contributed by atoms with E-state index in [4.69, 9.17) is 9.47 Å². The van der Waals surface area contributed by atoms with Gasteiger partial charge in [-0.1, -0.05) is 84.6 Å². The molecule has 54 heavy (non-hydrogen) atoms. The van der Waals surface area contributed by atoms with Crippen LogP contribution in [0, 0.1) is 24.7 Å². The van der Waals surface area contributed by atoms with Crippen LogP contribution in [0.4, 0.5) is 0 Å². The highest BCUT2D eigenvalue weighted by Crippen LogP contribution is 2.43. The lowest BCUT2D eigenvalue weighted by Crippen LogP contribution is -2.35. The fraction of sp³-hybridized carbons (Fsp3) is 0.178. The molecule has 3 aromatic heterocycles. The summed E-state index contributed by atoms with van der Waals surface area (Å²) in [5.41, 5.74) is 8.04. The molecule has 9 heteroatoms. The Morgan fingerprint density at radius 2 is 1.50 bits per heavy atom. The zero-order valence-electron chi connectivity index (χ0n) is 30.5. The fourth-order valence-electron chi connectivity index (χ4n) is 7.12. The van der Waals surface area contributed by atoms with E-state index in [1.165, 1.54) is 7.11 Å². The Balaban J connectivity index is 1.32. The summed E-state index contributed by atoms with van der Waals surface area (Å²) in [5, 5.41) is 3.42. The Morgan fingerprint density at radius 1 is 0.815 bits per heavy atom. The monoisotopic (exact) mass is 713 g/mol. The van der Waals surface area contributed by atoms with E-state index in [1.807, 2.05) is 86.6 Å². The lowest BCUT2D eigenvalue weighted by molar-refractivity contribution is -0.141. The normalized spacial score (nSPS) is 14.6. The zero-order valence-corrected chi connectivity index (χ0v) is 30.5. The van der Waals surface area contributed by atoms with Gasteiger partial charge in [0.15, 0.2) is 6.10 Å². The van der Waals surface area contributed by atoms with Crippen molar-refractivity contribution in [3.8, 4) is 17.5 Å². The third-order valence-corrected chi connectivity index (χ3v) is 9.59. The van der Waals surface area contributed by atoms with Gasteiger partial charge in [0.1, 0.15) is 11.3 Å². The van der Waals surface area contributed by atoms with Crippen molar-refractivity contribution in [1.82, 2.24) is 24.8 Å². The summed E-state index contributed by atoms with van der Waals surface area (Å²) in [6, 6.07) is 33.7. The van der Waals surface area contributed by atoms with Gasteiger partial charge in [-0.25, -0.2) is 14.6 Å².